The van der Waals surface area contributed by atoms with Crippen LogP contribution in [0.1, 0.15) is 52.3 Å². The van der Waals surface area contributed by atoms with Crippen LogP contribution >= 0.6 is 11.3 Å². The van der Waals surface area contributed by atoms with Gasteiger partial charge in [0.25, 0.3) is 0 Å². The van der Waals surface area contributed by atoms with Crippen LogP contribution in [-0.2, 0) is 9.53 Å². The first-order valence-corrected chi connectivity index (χ1v) is 9.16. The summed E-state index contributed by atoms with van der Waals surface area (Å²) in [4.78, 5) is 38.6. The largest absolute Gasteiger partial charge is 0.462 e. The quantitative estimate of drug-likeness (QED) is 0.587. The standard InChI is InChI=1S/C17H24N2O5S/c1-4-24-17(23)14-10(2)15(11(3)20)25-16(14)18-13(22)9-19-7-5-6-12(21)8-19/h12,21H,4-9H2,1-3H3,(H,18,22). The van der Waals surface area contributed by atoms with E-state index in [1.807, 2.05) is 4.90 Å². The summed E-state index contributed by atoms with van der Waals surface area (Å²) in [5, 5.41) is 12.8. The number of nitrogens with one attached hydrogen (secondary N) is 1. The van der Waals surface area contributed by atoms with Gasteiger partial charge in [-0.1, -0.05) is 0 Å². The van der Waals surface area contributed by atoms with Crippen LogP contribution in [0.2, 0.25) is 0 Å². The fraction of sp³-hybridized carbons (Fsp3) is 0.588. The van der Waals surface area contributed by atoms with E-state index in [0.29, 0.717) is 22.0 Å². The van der Waals surface area contributed by atoms with Crippen molar-refractivity contribution in [2.24, 2.45) is 0 Å². The van der Waals surface area contributed by atoms with Gasteiger partial charge in [-0.25, -0.2) is 4.79 Å². The maximum Gasteiger partial charge on any atom is 0.341 e. The van der Waals surface area contributed by atoms with Gasteiger partial charge in [0.1, 0.15) is 5.00 Å². The van der Waals surface area contributed by atoms with Crippen LogP contribution in [0, 0.1) is 6.92 Å². The normalized spacial score (nSPS) is 18.0. The van der Waals surface area contributed by atoms with Crippen molar-refractivity contribution >= 4 is 34.0 Å². The Labute approximate surface area is 151 Å². The molecule has 0 spiro atoms. The molecule has 1 unspecified atom stereocenters. The molecule has 1 aliphatic heterocycles. The fourth-order valence-corrected chi connectivity index (χ4v) is 4.04. The van der Waals surface area contributed by atoms with Gasteiger partial charge in [-0.2, -0.15) is 0 Å². The number of rotatable bonds is 6. The molecule has 0 saturated carbocycles. The van der Waals surface area contributed by atoms with Gasteiger partial charge in [0, 0.05) is 6.54 Å². The Balaban J connectivity index is 2.16. The Morgan fingerprint density at radius 2 is 2.12 bits per heavy atom. The summed E-state index contributed by atoms with van der Waals surface area (Å²) in [5.74, 6) is -0.990. The number of esters is 1. The van der Waals surface area contributed by atoms with E-state index in [9.17, 15) is 19.5 Å². The number of β-amino-alcohol motifs (C(OH)–C–C–N with tert-alkyl or cyclic N) is 1. The summed E-state index contributed by atoms with van der Waals surface area (Å²) in [6.45, 7) is 6.35. The Bertz CT molecular complexity index is 670. The smallest absolute Gasteiger partial charge is 0.341 e. The van der Waals surface area contributed by atoms with Crippen molar-refractivity contribution in [3.8, 4) is 0 Å². The molecule has 2 heterocycles. The molecule has 1 aromatic rings. The van der Waals surface area contributed by atoms with E-state index in [0.717, 1.165) is 30.7 Å². The number of aliphatic hydroxyl groups excluding tert-OH is 1. The SMILES string of the molecule is CCOC(=O)c1c(NC(=O)CN2CCCC(O)C2)sc(C(C)=O)c1C. The average molecular weight is 368 g/mol. The van der Waals surface area contributed by atoms with Crippen molar-refractivity contribution < 1.29 is 24.2 Å². The molecule has 1 aromatic heterocycles. The van der Waals surface area contributed by atoms with Crippen LogP contribution in [0.3, 0.4) is 0 Å². The molecule has 1 saturated heterocycles. The topological polar surface area (TPSA) is 95.9 Å². The second-order valence-electron chi connectivity index (χ2n) is 6.12. The number of ether oxygens (including phenoxy) is 1. The molecule has 1 fully saturated rings. The molecule has 8 heteroatoms. The molecule has 1 atom stereocenters. The molecule has 0 bridgehead atoms. The van der Waals surface area contributed by atoms with Gasteiger partial charge < -0.3 is 15.2 Å². The number of carbonyl (C=O) groups is 3. The maximum absolute atomic E-state index is 12.3. The number of carbonyl (C=O) groups excluding carboxylic acids is 3. The zero-order chi connectivity index (χ0) is 18.6. The van der Waals surface area contributed by atoms with Crippen LogP contribution < -0.4 is 5.32 Å². The van der Waals surface area contributed by atoms with Gasteiger partial charge in [-0.15, -0.1) is 11.3 Å². The van der Waals surface area contributed by atoms with Crippen molar-refractivity contribution in [3.05, 3.63) is 16.0 Å². The van der Waals surface area contributed by atoms with Gasteiger partial charge in [0.15, 0.2) is 5.78 Å². The van der Waals surface area contributed by atoms with Crippen LogP contribution in [0.25, 0.3) is 0 Å². The highest BCUT2D eigenvalue weighted by atomic mass is 32.1. The highest BCUT2D eigenvalue weighted by molar-refractivity contribution is 7.18. The second-order valence-corrected chi connectivity index (χ2v) is 7.14. The van der Waals surface area contributed by atoms with Gasteiger partial charge in [-0.3, -0.25) is 14.5 Å². The first-order valence-electron chi connectivity index (χ1n) is 8.35. The van der Waals surface area contributed by atoms with Crippen molar-refractivity contribution in [2.75, 3.05) is 31.6 Å². The lowest BCUT2D eigenvalue weighted by molar-refractivity contribution is -0.117. The van der Waals surface area contributed by atoms with E-state index in [2.05, 4.69) is 5.32 Å². The molecular weight excluding hydrogens is 344 g/mol. The minimum atomic E-state index is -0.549. The molecule has 138 valence electrons. The molecule has 0 aromatic carbocycles. The summed E-state index contributed by atoms with van der Waals surface area (Å²) in [5.41, 5.74) is 0.767. The molecule has 25 heavy (non-hydrogen) atoms. The lowest BCUT2D eigenvalue weighted by Crippen LogP contribution is -2.42. The van der Waals surface area contributed by atoms with Crippen LogP contribution in [0.5, 0.6) is 0 Å². The van der Waals surface area contributed by atoms with E-state index in [1.54, 1.807) is 13.8 Å². The number of Topliss-reactive ketones (excluding diaryl/α,β-unsaturated/α-hetero) is 1. The van der Waals surface area contributed by atoms with Crippen molar-refractivity contribution in [2.45, 2.75) is 39.7 Å². The minimum absolute atomic E-state index is 0.131. The number of likely N-dealkylation sites (tertiary alicyclic amines) is 1. The summed E-state index contributed by atoms with van der Waals surface area (Å²) in [6.07, 6.45) is 1.18. The molecule has 2 rings (SSSR count). The first kappa shape index (κ1) is 19.6. The average Bonchev–Trinajstić information content (AvgIpc) is 2.84. The third-order valence-corrected chi connectivity index (χ3v) is 5.35. The molecule has 1 aliphatic rings. The summed E-state index contributed by atoms with van der Waals surface area (Å²) in [7, 11) is 0. The Hall–Kier alpha value is -1.77. The zero-order valence-corrected chi connectivity index (χ0v) is 15.6. The maximum atomic E-state index is 12.3. The predicted molar refractivity (Wildman–Crippen MR) is 95.3 cm³/mol. The number of nitrogens with zero attached hydrogens (tertiary/aromatic N) is 1. The zero-order valence-electron chi connectivity index (χ0n) is 14.8. The number of anilines is 1. The number of ketones is 1. The van der Waals surface area contributed by atoms with Crippen LogP contribution in [-0.4, -0.2) is 60.0 Å². The highest BCUT2D eigenvalue weighted by Crippen LogP contribution is 2.34. The van der Waals surface area contributed by atoms with Gasteiger partial charge >= 0.3 is 5.97 Å². The third kappa shape index (κ3) is 4.87. The van der Waals surface area contributed by atoms with Crippen LogP contribution in [0.15, 0.2) is 0 Å². The monoisotopic (exact) mass is 368 g/mol. The Kier molecular flexibility index (Phi) is 6.69. The summed E-state index contributed by atoms with van der Waals surface area (Å²) in [6, 6.07) is 0. The lowest BCUT2D eigenvalue weighted by Gasteiger charge is -2.29. The number of aliphatic hydroxyl groups is 1. The number of hydrogen-bond acceptors (Lipinski definition) is 7. The van der Waals surface area contributed by atoms with Gasteiger partial charge in [-0.05, 0) is 45.7 Å². The van der Waals surface area contributed by atoms with E-state index in [1.165, 1.54) is 6.92 Å². The van der Waals surface area contributed by atoms with E-state index in [-0.39, 0.29) is 30.4 Å². The van der Waals surface area contributed by atoms with E-state index < -0.39 is 12.1 Å². The number of amides is 1. The van der Waals surface area contributed by atoms with E-state index in [4.69, 9.17) is 4.74 Å². The lowest BCUT2D eigenvalue weighted by atomic mass is 10.1. The van der Waals surface area contributed by atoms with Crippen LogP contribution in [0.4, 0.5) is 5.00 Å². The van der Waals surface area contributed by atoms with Gasteiger partial charge in [0.05, 0.1) is 29.7 Å². The van der Waals surface area contributed by atoms with Crippen molar-refractivity contribution in [1.29, 1.82) is 0 Å². The number of thiophene rings is 1. The Morgan fingerprint density at radius 3 is 2.72 bits per heavy atom. The highest BCUT2D eigenvalue weighted by Gasteiger charge is 2.26. The molecule has 1 amide bonds. The second kappa shape index (κ2) is 8.55. The fourth-order valence-electron chi connectivity index (χ4n) is 2.93. The summed E-state index contributed by atoms with van der Waals surface area (Å²) < 4.78 is 5.05. The minimum Gasteiger partial charge on any atom is -0.462 e. The molecule has 0 aliphatic carbocycles. The number of hydrogen-bond donors (Lipinski definition) is 2. The van der Waals surface area contributed by atoms with Crippen molar-refractivity contribution in [1.82, 2.24) is 4.90 Å². The molecule has 0 radical (unpaired) electrons. The third-order valence-electron chi connectivity index (χ3n) is 4.05. The first-order chi connectivity index (χ1) is 11.8. The number of piperidine rings is 1. The molecular formula is C17H24N2O5S. The molecule has 2 N–H and O–H groups in total. The Morgan fingerprint density at radius 1 is 1.40 bits per heavy atom. The van der Waals surface area contributed by atoms with Crippen molar-refractivity contribution in [3.63, 3.8) is 0 Å². The predicted octanol–water partition coefficient (Wildman–Crippen LogP) is 1.83. The van der Waals surface area contributed by atoms with Gasteiger partial charge in [0.2, 0.25) is 5.91 Å². The van der Waals surface area contributed by atoms with E-state index >= 15 is 0 Å². The molecule has 7 nitrogen and oxygen atoms in total. The summed E-state index contributed by atoms with van der Waals surface area (Å²) >= 11 is 1.09.